The molecule has 5 nitrogen and oxygen atoms in total. The second-order valence-electron chi connectivity index (χ2n) is 5.42. The highest BCUT2D eigenvalue weighted by Crippen LogP contribution is 2.13. The standard InChI is InChI=1S/C18H19ClN2O3/c1-21(11-13-6-8-15(19)9-7-13)12-17(22)20-16-5-3-4-14(10-16)18(23)24-2/h3-10H,11-12H2,1-2H3,(H,20,22). The van der Waals surface area contributed by atoms with Crippen LogP contribution in [0.15, 0.2) is 48.5 Å². The second kappa shape index (κ2) is 8.47. The lowest BCUT2D eigenvalue weighted by molar-refractivity contribution is -0.117. The maximum atomic E-state index is 12.1. The van der Waals surface area contributed by atoms with Gasteiger partial charge in [-0.1, -0.05) is 29.8 Å². The van der Waals surface area contributed by atoms with E-state index in [4.69, 9.17) is 11.6 Å². The number of hydrogen-bond acceptors (Lipinski definition) is 4. The second-order valence-corrected chi connectivity index (χ2v) is 5.86. The van der Waals surface area contributed by atoms with Gasteiger partial charge in [0.05, 0.1) is 19.2 Å². The van der Waals surface area contributed by atoms with Gasteiger partial charge in [-0.2, -0.15) is 0 Å². The van der Waals surface area contributed by atoms with Gasteiger partial charge in [-0.3, -0.25) is 9.69 Å². The number of methoxy groups -OCH3 is 1. The number of benzene rings is 2. The first-order chi connectivity index (χ1) is 11.5. The number of carbonyl (C=O) groups is 2. The van der Waals surface area contributed by atoms with Crippen molar-refractivity contribution in [2.75, 3.05) is 26.0 Å². The molecule has 0 heterocycles. The Labute approximate surface area is 146 Å². The van der Waals surface area contributed by atoms with Gasteiger partial charge in [0.15, 0.2) is 0 Å². The van der Waals surface area contributed by atoms with Crippen LogP contribution in [-0.4, -0.2) is 37.5 Å². The molecule has 1 amide bonds. The van der Waals surface area contributed by atoms with Crippen molar-refractivity contribution in [3.8, 4) is 0 Å². The van der Waals surface area contributed by atoms with E-state index >= 15 is 0 Å². The third-order valence-corrected chi connectivity index (χ3v) is 3.60. The molecule has 0 unspecified atom stereocenters. The van der Waals surface area contributed by atoms with Crippen molar-refractivity contribution in [3.63, 3.8) is 0 Å². The average molecular weight is 347 g/mol. The van der Waals surface area contributed by atoms with Crippen LogP contribution in [0.1, 0.15) is 15.9 Å². The Kier molecular flexibility index (Phi) is 6.35. The fourth-order valence-corrected chi connectivity index (χ4v) is 2.37. The molecule has 24 heavy (non-hydrogen) atoms. The van der Waals surface area contributed by atoms with E-state index in [0.717, 1.165) is 5.56 Å². The Bertz CT molecular complexity index is 716. The van der Waals surface area contributed by atoms with Gasteiger partial charge in [-0.15, -0.1) is 0 Å². The number of nitrogens with one attached hydrogen (secondary N) is 1. The molecule has 1 N–H and O–H groups in total. The van der Waals surface area contributed by atoms with Crippen LogP contribution in [0.25, 0.3) is 0 Å². The zero-order chi connectivity index (χ0) is 17.5. The lowest BCUT2D eigenvalue weighted by atomic mass is 10.2. The number of carbonyl (C=O) groups excluding carboxylic acids is 2. The summed E-state index contributed by atoms with van der Waals surface area (Å²) < 4.78 is 4.67. The Hall–Kier alpha value is -2.37. The minimum absolute atomic E-state index is 0.159. The Morgan fingerprint density at radius 2 is 1.88 bits per heavy atom. The van der Waals surface area contributed by atoms with Gasteiger partial charge >= 0.3 is 5.97 Å². The van der Waals surface area contributed by atoms with Crippen LogP contribution < -0.4 is 5.32 Å². The van der Waals surface area contributed by atoms with E-state index in [-0.39, 0.29) is 12.5 Å². The summed E-state index contributed by atoms with van der Waals surface area (Å²) in [5.41, 5.74) is 2.02. The van der Waals surface area contributed by atoms with Crippen molar-refractivity contribution < 1.29 is 14.3 Å². The number of esters is 1. The molecule has 126 valence electrons. The zero-order valence-electron chi connectivity index (χ0n) is 13.6. The maximum Gasteiger partial charge on any atom is 0.337 e. The number of nitrogens with zero attached hydrogens (tertiary/aromatic N) is 1. The van der Waals surface area contributed by atoms with E-state index in [1.807, 2.05) is 36.2 Å². The van der Waals surface area contributed by atoms with Crippen LogP contribution in [0.5, 0.6) is 0 Å². The predicted molar refractivity (Wildman–Crippen MR) is 94.2 cm³/mol. The van der Waals surface area contributed by atoms with Gasteiger partial charge in [-0.25, -0.2) is 4.79 Å². The molecule has 0 bridgehead atoms. The molecule has 2 rings (SSSR count). The molecular weight excluding hydrogens is 328 g/mol. The van der Waals surface area contributed by atoms with Gasteiger partial charge in [0.1, 0.15) is 0 Å². The number of anilines is 1. The summed E-state index contributed by atoms with van der Waals surface area (Å²) in [6.07, 6.45) is 0. The van der Waals surface area contributed by atoms with E-state index in [1.165, 1.54) is 7.11 Å². The number of likely N-dealkylation sites (N-methyl/N-ethyl adjacent to an activating group) is 1. The average Bonchev–Trinajstić information content (AvgIpc) is 2.56. The quantitative estimate of drug-likeness (QED) is 0.816. The van der Waals surface area contributed by atoms with Crippen LogP contribution in [0.3, 0.4) is 0 Å². The minimum atomic E-state index is -0.439. The monoisotopic (exact) mass is 346 g/mol. The van der Waals surface area contributed by atoms with Gasteiger partial charge in [0.2, 0.25) is 5.91 Å². The summed E-state index contributed by atoms with van der Waals surface area (Å²) >= 11 is 5.86. The van der Waals surface area contributed by atoms with E-state index in [1.54, 1.807) is 24.3 Å². The number of rotatable bonds is 6. The molecule has 0 aliphatic rings. The first-order valence-corrected chi connectivity index (χ1v) is 7.77. The third kappa shape index (κ3) is 5.37. The number of hydrogen-bond donors (Lipinski definition) is 1. The smallest absolute Gasteiger partial charge is 0.337 e. The largest absolute Gasteiger partial charge is 0.465 e. The molecule has 0 saturated carbocycles. The van der Waals surface area contributed by atoms with Crippen molar-refractivity contribution in [3.05, 3.63) is 64.7 Å². The van der Waals surface area contributed by atoms with Crippen molar-refractivity contribution in [1.29, 1.82) is 0 Å². The molecule has 0 radical (unpaired) electrons. The molecule has 0 saturated heterocycles. The summed E-state index contributed by atoms with van der Waals surface area (Å²) in [5.74, 6) is -0.598. The maximum absolute atomic E-state index is 12.1. The highest BCUT2D eigenvalue weighted by Gasteiger charge is 2.10. The van der Waals surface area contributed by atoms with Crippen LogP contribution in [0.4, 0.5) is 5.69 Å². The molecular formula is C18H19ClN2O3. The van der Waals surface area contributed by atoms with E-state index in [0.29, 0.717) is 22.8 Å². The van der Waals surface area contributed by atoms with E-state index < -0.39 is 5.97 Å². The predicted octanol–water partition coefficient (Wildman–Crippen LogP) is 3.20. The Morgan fingerprint density at radius 1 is 1.17 bits per heavy atom. The minimum Gasteiger partial charge on any atom is -0.465 e. The first-order valence-electron chi connectivity index (χ1n) is 7.39. The fourth-order valence-electron chi connectivity index (χ4n) is 2.24. The molecule has 0 fully saturated rings. The summed E-state index contributed by atoms with van der Waals surface area (Å²) in [7, 11) is 3.18. The van der Waals surface area contributed by atoms with Crippen molar-refractivity contribution in [2.24, 2.45) is 0 Å². The van der Waals surface area contributed by atoms with Crippen molar-refractivity contribution in [2.45, 2.75) is 6.54 Å². The zero-order valence-corrected chi connectivity index (χ0v) is 14.3. The SMILES string of the molecule is COC(=O)c1cccc(NC(=O)CN(C)Cc2ccc(Cl)cc2)c1. The lowest BCUT2D eigenvalue weighted by Gasteiger charge is -2.16. The highest BCUT2D eigenvalue weighted by atomic mass is 35.5. The topological polar surface area (TPSA) is 58.6 Å². The molecule has 2 aromatic carbocycles. The first kappa shape index (κ1) is 18.0. The fraction of sp³-hybridized carbons (Fsp3) is 0.222. The van der Waals surface area contributed by atoms with Crippen LogP contribution >= 0.6 is 11.6 Å². The van der Waals surface area contributed by atoms with Crippen molar-refractivity contribution in [1.82, 2.24) is 4.90 Å². The molecule has 0 atom stereocenters. The number of halogens is 1. The van der Waals surface area contributed by atoms with Crippen molar-refractivity contribution >= 4 is 29.2 Å². The van der Waals surface area contributed by atoms with Gasteiger partial charge in [-0.05, 0) is 42.9 Å². The van der Waals surface area contributed by atoms with Crippen LogP contribution in [-0.2, 0) is 16.1 Å². The summed E-state index contributed by atoms with van der Waals surface area (Å²) in [6.45, 7) is 0.859. The van der Waals surface area contributed by atoms with E-state index in [9.17, 15) is 9.59 Å². The molecule has 0 aliphatic heterocycles. The van der Waals surface area contributed by atoms with Crippen LogP contribution in [0.2, 0.25) is 5.02 Å². The lowest BCUT2D eigenvalue weighted by Crippen LogP contribution is -2.29. The van der Waals surface area contributed by atoms with Gasteiger partial charge in [0, 0.05) is 17.3 Å². The van der Waals surface area contributed by atoms with Crippen LogP contribution in [0, 0.1) is 0 Å². The Morgan fingerprint density at radius 3 is 2.54 bits per heavy atom. The molecule has 6 heteroatoms. The summed E-state index contributed by atoms with van der Waals surface area (Å²) in [5, 5.41) is 3.46. The Balaban J connectivity index is 1.90. The molecule has 0 aliphatic carbocycles. The number of amides is 1. The number of ether oxygens (including phenoxy) is 1. The molecule has 0 aromatic heterocycles. The summed E-state index contributed by atoms with van der Waals surface area (Å²) in [6, 6.07) is 14.1. The molecule has 0 spiro atoms. The van der Waals surface area contributed by atoms with Gasteiger partial charge < -0.3 is 10.1 Å². The molecule has 2 aromatic rings. The highest BCUT2D eigenvalue weighted by molar-refractivity contribution is 6.30. The van der Waals surface area contributed by atoms with E-state index in [2.05, 4.69) is 10.1 Å². The summed E-state index contributed by atoms with van der Waals surface area (Å²) in [4.78, 5) is 25.5. The normalized spacial score (nSPS) is 10.5. The third-order valence-electron chi connectivity index (χ3n) is 3.35. The van der Waals surface area contributed by atoms with Gasteiger partial charge in [0.25, 0.3) is 0 Å².